The molecule has 0 radical (unpaired) electrons. The van der Waals surface area contributed by atoms with Gasteiger partial charge >= 0.3 is 0 Å². The van der Waals surface area contributed by atoms with E-state index >= 15 is 0 Å². The molecule has 4 rings (SSSR count). The van der Waals surface area contributed by atoms with Gasteiger partial charge in [0.25, 0.3) is 0 Å². The molecule has 4 aromatic rings. The highest BCUT2D eigenvalue weighted by atomic mass is 32.2. The summed E-state index contributed by atoms with van der Waals surface area (Å²) < 4.78 is 15.4. The Hall–Kier alpha value is -3.45. The van der Waals surface area contributed by atoms with E-state index in [1.165, 1.54) is 29.5 Å². The number of rotatable bonds is 8. The Morgan fingerprint density at radius 3 is 2.38 bits per heavy atom. The van der Waals surface area contributed by atoms with Crippen LogP contribution in [0.3, 0.4) is 0 Å². The third kappa shape index (κ3) is 5.62. The van der Waals surface area contributed by atoms with Crippen molar-refractivity contribution in [3.05, 3.63) is 107 Å². The summed E-state index contributed by atoms with van der Waals surface area (Å²) >= 11 is 1.31. The molecule has 0 saturated carbocycles. The Bertz CT molecular complexity index is 1180. The molecule has 0 aliphatic carbocycles. The number of hydrogen-bond donors (Lipinski definition) is 1. The van der Waals surface area contributed by atoms with E-state index < -0.39 is 0 Å². The van der Waals surface area contributed by atoms with E-state index in [4.69, 9.17) is 0 Å². The van der Waals surface area contributed by atoms with E-state index in [0.29, 0.717) is 18.1 Å². The zero-order chi connectivity index (χ0) is 22.3. The first-order valence-corrected chi connectivity index (χ1v) is 11.3. The molecule has 32 heavy (non-hydrogen) atoms. The minimum absolute atomic E-state index is 0.0890. The molecular weight excluding hydrogens is 423 g/mol. The summed E-state index contributed by atoms with van der Waals surface area (Å²) in [5.74, 6) is 0.534. The van der Waals surface area contributed by atoms with Crippen LogP contribution in [0.1, 0.15) is 22.5 Å². The summed E-state index contributed by atoms with van der Waals surface area (Å²) in [4.78, 5) is 12.4. The second-order valence-corrected chi connectivity index (χ2v) is 8.37. The highest BCUT2D eigenvalue weighted by Crippen LogP contribution is 2.24. The lowest BCUT2D eigenvalue weighted by Crippen LogP contribution is -2.24. The maximum atomic E-state index is 13.5. The number of amides is 1. The van der Waals surface area contributed by atoms with Crippen LogP contribution < -0.4 is 5.32 Å². The number of nitrogens with zero attached hydrogens (tertiary/aromatic N) is 3. The molecule has 3 aromatic carbocycles. The topological polar surface area (TPSA) is 59.8 Å². The molecular formula is C25H23FN4OS. The normalized spacial score (nSPS) is 10.8. The summed E-state index contributed by atoms with van der Waals surface area (Å²) in [6.07, 6.45) is 0.575. The standard InChI is InChI=1S/C25H23FN4OS/c1-18-7-9-20(10-8-18)16-27-24(31)17-32-25-29-28-23(15-19-5-3-2-4-6-19)30(25)22-13-11-21(26)12-14-22/h2-14H,15-17H2,1H3,(H,27,31). The largest absolute Gasteiger partial charge is 0.351 e. The van der Waals surface area contributed by atoms with E-state index in [0.717, 1.165) is 22.6 Å². The molecule has 0 aliphatic heterocycles. The zero-order valence-corrected chi connectivity index (χ0v) is 18.5. The summed E-state index contributed by atoms with van der Waals surface area (Å²) in [5.41, 5.74) is 4.08. The number of halogens is 1. The molecule has 0 spiro atoms. The summed E-state index contributed by atoms with van der Waals surface area (Å²) in [7, 11) is 0. The monoisotopic (exact) mass is 446 g/mol. The van der Waals surface area contributed by atoms with Gasteiger partial charge in [0.1, 0.15) is 11.6 Å². The molecule has 7 heteroatoms. The number of thioether (sulfide) groups is 1. The average Bonchev–Trinajstić information content (AvgIpc) is 3.21. The lowest BCUT2D eigenvalue weighted by atomic mass is 10.1. The number of benzene rings is 3. The van der Waals surface area contributed by atoms with E-state index in [1.54, 1.807) is 12.1 Å². The molecule has 0 saturated heterocycles. The van der Waals surface area contributed by atoms with Crippen LogP contribution in [0.4, 0.5) is 4.39 Å². The van der Waals surface area contributed by atoms with Crippen molar-refractivity contribution in [2.24, 2.45) is 0 Å². The van der Waals surface area contributed by atoms with E-state index in [2.05, 4.69) is 15.5 Å². The number of aryl methyl sites for hydroxylation is 1. The smallest absolute Gasteiger partial charge is 0.230 e. The quantitative estimate of drug-likeness (QED) is 0.398. The Morgan fingerprint density at radius 1 is 0.938 bits per heavy atom. The van der Waals surface area contributed by atoms with Gasteiger partial charge in [-0.3, -0.25) is 9.36 Å². The van der Waals surface area contributed by atoms with Gasteiger partial charge in [0.05, 0.1) is 5.75 Å². The lowest BCUT2D eigenvalue weighted by molar-refractivity contribution is -0.118. The third-order valence-corrected chi connectivity index (χ3v) is 5.86. The molecule has 5 nitrogen and oxygen atoms in total. The van der Waals surface area contributed by atoms with Crippen LogP contribution in [0.25, 0.3) is 5.69 Å². The van der Waals surface area contributed by atoms with Crippen LogP contribution in [0.15, 0.2) is 84.0 Å². The van der Waals surface area contributed by atoms with Crippen molar-refractivity contribution in [3.8, 4) is 5.69 Å². The van der Waals surface area contributed by atoms with Crippen molar-refractivity contribution in [2.45, 2.75) is 25.0 Å². The first kappa shape index (κ1) is 21.8. The van der Waals surface area contributed by atoms with Gasteiger partial charge in [-0.1, -0.05) is 71.9 Å². The van der Waals surface area contributed by atoms with Crippen LogP contribution in [-0.4, -0.2) is 26.4 Å². The first-order valence-electron chi connectivity index (χ1n) is 10.3. The van der Waals surface area contributed by atoms with Gasteiger partial charge in [-0.05, 0) is 42.3 Å². The van der Waals surface area contributed by atoms with Gasteiger partial charge in [0, 0.05) is 18.7 Å². The van der Waals surface area contributed by atoms with Gasteiger partial charge in [0.2, 0.25) is 5.91 Å². The third-order valence-electron chi connectivity index (χ3n) is 4.93. The van der Waals surface area contributed by atoms with Gasteiger partial charge in [-0.2, -0.15) is 0 Å². The van der Waals surface area contributed by atoms with Crippen LogP contribution >= 0.6 is 11.8 Å². The van der Waals surface area contributed by atoms with Crippen molar-refractivity contribution in [3.63, 3.8) is 0 Å². The second-order valence-electron chi connectivity index (χ2n) is 7.42. The second kappa shape index (κ2) is 10.2. The molecule has 0 aliphatic rings. The maximum absolute atomic E-state index is 13.5. The number of carbonyl (C=O) groups excluding carboxylic acids is 1. The van der Waals surface area contributed by atoms with Crippen molar-refractivity contribution >= 4 is 17.7 Å². The molecule has 0 unspecified atom stereocenters. The molecule has 0 fully saturated rings. The van der Waals surface area contributed by atoms with Crippen molar-refractivity contribution in [1.82, 2.24) is 20.1 Å². The predicted molar refractivity (Wildman–Crippen MR) is 124 cm³/mol. The number of hydrogen-bond acceptors (Lipinski definition) is 4. The highest BCUT2D eigenvalue weighted by Gasteiger charge is 2.16. The minimum Gasteiger partial charge on any atom is -0.351 e. The van der Waals surface area contributed by atoms with Crippen LogP contribution in [0.5, 0.6) is 0 Å². The van der Waals surface area contributed by atoms with Gasteiger partial charge < -0.3 is 5.32 Å². The number of carbonyl (C=O) groups is 1. The maximum Gasteiger partial charge on any atom is 0.230 e. The summed E-state index contributed by atoms with van der Waals surface area (Å²) in [6, 6.07) is 24.2. The predicted octanol–water partition coefficient (Wildman–Crippen LogP) is 4.71. The van der Waals surface area contributed by atoms with Gasteiger partial charge in [-0.25, -0.2) is 4.39 Å². The summed E-state index contributed by atoms with van der Waals surface area (Å²) in [6.45, 7) is 2.51. The molecule has 1 aromatic heterocycles. The van der Waals surface area contributed by atoms with Crippen LogP contribution in [0, 0.1) is 12.7 Å². The molecule has 1 heterocycles. The Balaban J connectivity index is 1.48. The van der Waals surface area contributed by atoms with Gasteiger partial charge in [-0.15, -0.1) is 10.2 Å². The molecule has 162 valence electrons. The Morgan fingerprint density at radius 2 is 1.66 bits per heavy atom. The van der Waals surface area contributed by atoms with Crippen molar-refractivity contribution < 1.29 is 9.18 Å². The van der Waals surface area contributed by atoms with E-state index in [1.807, 2.05) is 66.1 Å². The molecule has 0 bridgehead atoms. The molecule has 1 amide bonds. The number of aromatic nitrogens is 3. The molecule has 0 atom stereocenters. The van der Waals surface area contributed by atoms with Crippen LogP contribution in [0.2, 0.25) is 0 Å². The summed E-state index contributed by atoms with van der Waals surface area (Å²) in [5, 5.41) is 12.2. The van der Waals surface area contributed by atoms with Crippen molar-refractivity contribution in [1.29, 1.82) is 0 Å². The van der Waals surface area contributed by atoms with Gasteiger partial charge in [0.15, 0.2) is 5.16 Å². The average molecular weight is 447 g/mol. The fraction of sp³-hybridized carbons (Fsp3) is 0.160. The Labute approximate surface area is 190 Å². The minimum atomic E-state index is -0.309. The lowest BCUT2D eigenvalue weighted by Gasteiger charge is -2.11. The zero-order valence-electron chi connectivity index (χ0n) is 17.7. The Kier molecular flexibility index (Phi) is 6.97. The van der Waals surface area contributed by atoms with Crippen LogP contribution in [-0.2, 0) is 17.8 Å². The van der Waals surface area contributed by atoms with Crippen molar-refractivity contribution in [2.75, 3.05) is 5.75 Å². The van der Waals surface area contributed by atoms with E-state index in [9.17, 15) is 9.18 Å². The number of nitrogens with one attached hydrogen (secondary N) is 1. The first-order chi connectivity index (χ1) is 15.6. The molecule has 1 N–H and O–H groups in total. The SMILES string of the molecule is Cc1ccc(CNC(=O)CSc2nnc(Cc3ccccc3)n2-c2ccc(F)cc2)cc1. The fourth-order valence-corrected chi connectivity index (χ4v) is 4.02. The highest BCUT2D eigenvalue weighted by molar-refractivity contribution is 7.99. The van der Waals surface area contributed by atoms with E-state index in [-0.39, 0.29) is 17.5 Å². The fourth-order valence-electron chi connectivity index (χ4n) is 3.22.